The lowest BCUT2D eigenvalue weighted by Crippen LogP contribution is -2.41. The molecule has 0 aromatic heterocycles. The number of ketones is 2. The number of carbonyl (C=O) groups excluding carboxylic acids is 2. The summed E-state index contributed by atoms with van der Waals surface area (Å²) in [7, 11) is -0.437. The van der Waals surface area contributed by atoms with E-state index in [4.69, 9.17) is 9.31 Å². The fourth-order valence-electron chi connectivity index (χ4n) is 2.68. The third kappa shape index (κ3) is 2.25. The molecule has 1 aromatic rings. The molecule has 1 saturated heterocycles. The van der Waals surface area contributed by atoms with Crippen LogP contribution < -0.4 is 5.46 Å². The Morgan fingerprint density at radius 1 is 1.00 bits per heavy atom. The maximum atomic E-state index is 11.8. The van der Waals surface area contributed by atoms with Gasteiger partial charge in [-0.15, -0.1) is 0 Å². The zero-order chi connectivity index (χ0) is 15.4. The van der Waals surface area contributed by atoms with E-state index in [0.717, 1.165) is 11.0 Å². The van der Waals surface area contributed by atoms with E-state index in [0.29, 0.717) is 18.4 Å². The van der Waals surface area contributed by atoms with Gasteiger partial charge >= 0.3 is 7.12 Å². The average molecular weight is 286 g/mol. The Bertz CT molecular complexity index is 617. The molecule has 0 amide bonds. The Balaban J connectivity index is 1.93. The van der Waals surface area contributed by atoms with Gasteiger partial charge in [0.25, 0.3) is 0 Å². The molecule has 110 valence electrons. The Labute approximate surface area is 125 Å². The maximum absolute atomic E-state index is 11.8. The van der Waals surface area contributed by atoms with Crippen LogP contribution in [0.15, 0.2) is 18.2 Å². The van der Waals surface area contributed by atoms with Crippen molar-refractivity contribution in [2.75, 3.05) is 0 Å². The summed E-state index contributed by atoms with van der Waals surface area (Å²) < 4.78 is 12.0. The van der Waals surface area contributed by atoms with Gasteiger partial charge in [0.1, 0.15) is 0 Å². The van der Waals surface area contributed by atoms with Crippen LogP contribution in [0.25, 0.3) is 0 Å². The summed E-state index contributed by atoms with van der Waals surface area (Å²) in [5, 5.41) is 0. The number of Topliss-reactive ketones (excluding diaryl/α,β-unsaturated/α-hetero) is 2. The lowest BCUT2D eigenvalue weighted by atomic mass is 9.76. The van der Waals surface area contributed by atoms with Crippen LogP contribution in [0.4, 0.5) is 0 Å². The number of benzene rings is 1. The van der Waals surface area contributed by atoms with Crippen molar-refractivity contribution in [1.82, 2.24) is 0 Å². The average Bonchev–Trinajstić information content (AvgIpc) is 2.63. The fraction of sp³-hybridized carbons (Fsp3) is 0.500. The van der Waals surface area contributed by atoms with E-state index in [2.05, 4.69) is 0 Å². The normalized spacial score (nSPS) is 23.3. The van der Waals surface area contributed by atoms with Crippen LogP contribution in [0.5, 0.6) is 0 Å². The largest absolute Gasteiger partial charge is 0.494 e. The fourth-order valence-corrected chi connectivity index (χ4v) is 2.68. The summed E-state index contributed by atoms with van der Waals surface area (Å²) in [6, 6.07) is 5.47. The lowest BCUT2D eigenvalue weighted by molar-refractivity contribution is -0.115. The third-order valence-corrected chi connectivity index (χ3v) is 4.77. The summed E-state index contributed by atoms with van der Waals surface area (Å²) in [6.07, 6.45) is 0.895. The molecule has 1 aliphatic carbocycles. The van der Waals surface area contributed by atoms with E-state index in [-0.39, 0.29) is 22.8 Å². The molecule has 0 spiro atoms. The minimum absolute atomic E-state index is 0.290. The van der Waals surface area contributed by atoms with E-state index in [1.54, 1.807) is 6.07 Å². The van der Waals surface area contributed by atoms with Crippen molar-refractivity contribution in [3.05, 3.63) is 29.3 Å². The molecular formula is C16H19BO4. The highest BCUT2D eigenvalue weighted by molar-refractivity contribution is 6.62. The van der Waals surface area contributed by atoms with E-state index in [9.17, 15) is 9.59 Å². The van der Waals surface area contributed by atoms with Crippen molar-refractivity contribution in [2.24, 2.45) is 0 Å². The summed E-state index contributed by atoms with van der Waals surface area (Å²) in [4.78, 5) is 23.3. The highest BCUT2D eigenvalue weighted by atomic mass is 16.7. The number of hydrogen-bond acceptors (Lipinski definition) is 4. The third-order valence-electron chi connectivity index (χ3n) is 4.77. The molecule has 1 aliphatic heterocycles. The number of rotatable bonds is 1. The second-order valence-corrected chi connectivity index (χ2v) is 6.76. The molecule has 3 rings (SSSR count). The van der Waals surface area contributed by atoms with Gasteiger partial charge in [-0.05, 0) is 45.1 Å². The molecule has 1 fully saturated rings. The Kier molecular flexibility index (Phi) is 3.12. The Hall–Kier alpha value is -1.46. The molecule has 0 saturated carbocycles. The van der Waals surface area contributed by atoms with Gasteiger partial charge in [0.05, 0.1) is 11.2 Å². The van der Waals surface area contributed by atoms with Crippen molar-refractivity contribution >= 4 is 24.1 Å². The molecule has 2 aliphatic rings. The molecule has 1 heterocycles. The van der Waals surface area contributed by atoms with Crippen molar-refractivity contribution in [1.29, 1.82) is 0 Å². The molecule has 0 atom stereocenters. The minimum atomic E-state index is -0.437. The van der Waals surface area contributed by atoms with Gasteiger partial charge in [-0.25, -0.2) is 0 Å². The van der Waals surface area contributed by atoms with E-state index >= 15 is 0 Å². The molecule has 0 bridgehead atoms. The van der Waals surface area contributed by atoms with Gasteiger partial charge in [0.15, 0.2) is 0 Å². The monoisotopic (exact) mass is 286 g/mol. The van der Waals surface area contributed by atoms with Crippen LogP contribution in [-0.2, 0) is 20.5 Å². The van der Waals surface area contributed by atoms with Gasteiger partial charge in [0, 0.05) is 12.0 Å². The van der Waals surface area contributed by atoms with Gasteiger partial charge < -0.3 is 9.31 Å². The standard InChI is InChI=1S/C16H19BO4/c1-15(2)16(3,4)21-17(20-15)11-6-7-12-10(9-11)5-8-13(18)14(12)19/h6-7,9H,5,8H2,1-4H3. The van der Waals surface area contributed by atoms with Crippen LogP contribution in [-0.4, -0.2) is 29.9 Å². The van der Waals surface area contributed by atoms with E-state index < -0.39 is 7.12 Å². The highest BCUT2D eigenvalue weighted by Gasteiger charge is 2.51. The van der Waals surface area contributed by atoms with Crippen LogP contribution in [0.3, 0.4) is 0 Å². The predicted octanol–water partition coefficient (Wildman–Crippen LogP) is 1.68. The van der Waals surface area contributed by atoms with Crippen LogP contribution in [0, 0.1) is 0 Å². The first-order valence-electron chi connectivity index (χ1n) is 7.27. The SMILES string of the molecule is CC1(C)OB(c2ccc3c(c2)CCC(=O)C3=O)OC1(C)C. The van der Waals surface area contributed by atoms with Gasteiger partial charge in [-0.1, -0.05) is 18.2 Å². The molecular weight excluding hydrogens is 267 g/mol. The Morgan fingerprint density at radius 3 is 2.24 bits per heavy atom. The van der Waals surface area contributed by atoms with Gasteiger partial charge in [-0.2, -0.15) is 0 Å². The number of fused-ring (bicyclic) bond motifs is 1. The van der Waals surface area contributed by atoms with Crippen LogP contribution in [0.1, 0.15) is 50.0 Å². The molecule has 5 heteroatoms. The summed E-state index contributed by atoms with van der Waals surface area (Å²) in [6.45, 7) is 8.03. The zero-order valence-electron chi connectivity index (χ0n) is 12.9. The number of aryl methyl sites for hydroxylation is 1. The summed E-state index contributed by atoms with van der Waals surface area (Å²) >= 11 is 0. The Morgan fingerprint density at radius 2 is 1.62 bits per heavy atom. The molecule has 21 heavy (non-hydrogen) atoms. The van der Waals surface area contributed by atoms with Crippen molar-refractivity contribution < 1.29 is 18.9 Å². The smallest absolute Gasteiger partial charge is 0.399 e. The maximum Gasteiger partial charge on any atom is 0.494 e. The molecule has 0 radical (unpaired) electrons. The van der Waals surface area contributed by atoms with Crippen molar-refractivity contribution in [3.8, 4) is 0 Å². The molecule has 0 N–H and O–H groups in total. The number of carbonyl (C=O) groups is 2. The molecule has 0 unspecified atom stereocenters. The van der Waals surface area contributed by atoms with Gasteiger partial charge in [-0.3, -0.25) is 9.59 Å². The predicted molar refractivity (Wildman–Crippen MR) is 79.8 cm³/mol. The summed E-state index contributed by atoms with van der Waals surface area (Å²) in [5.41, 5.74) is 1.55. The van der Waals surface area contributed by atoms with Crippen LogP contribution in [0.2, 0.25) is 0 Å². The quantitative estimate of drug-likeness (QED) is 0.582. The van der Waals surface area contributed by atoms with Crippen LogP contribution >= 0.6 is 0 Å². The highest BCUT2D eigenvalue weighted by Crippen LogP contribution is 2.36. The first-order chi connectivity index (χ1) is 9.71. The minimum Gasteiger partial charge on any atom is -0.399 e. The van der Waals surface area contributed by atoms with E-state index in [1.165, 1.54) is 0 Å². The summed E-state index contributed by atoms with van der Waals surface area (Å²) in [5.74, 6) is -0.678. The van der Waals surface area contributed by atoms with E-state index in [1.807, 2.05) is 39.8 Å². The van der Waals surface area contributed by atoms with Crippen molar-refractivity contribution in [2.45, 2.75) is 51.7 Å². The topological polar surface area (TPSA) is 52.6 Å². The molecule has 1 aromatic carbocycles. The first kappa shape index (κ1) is 14.5. The van der Waals surface area contributed by atoms with Gasteiger partial charge in [0.2, 0.25) is 11.6 Å². The number of hydrogen-bond donors (Lipinski definition) is 0. The lowest BCUT2D eigenvalue weighted by Gasteiger charge is -2.32. The van der Waals surface area contributed by atoms with Crippen molar-refractivity contribution in [3.63, 3.8) is 0 Å². The second-order valence-electron chi connectivity index (χ2n) is 6.76. The first-order valence-corrected chi connectivity index (χ1v) is 7.27. The molecule has 4 nitrogen and oxygen atoms in total. The second kappa shape index (κ2) is 4.52. The zero-order valence-corrected chi connectivity index (χ0v) is 12.9.